The highest BCUT2D eigenvalue weighted by Gasteiger charge is 2.07. The molecule has 0 aliphatic carbocycles. The molecule has 0 N–H and O–H groups in total. The Morgan fingerprint density at radius 1 is 1.44 bits per heavy atom. The molecule has 5 nitrogen and oxygen atoms in total. The van der Waals surface area contributed by atoms with Crippen molar-refractivity contribution in [1.82, 2.24) is 20.2 Å². The van der Waals surface area contributed by atoms with Crippen LogP contribution in [0.5, 0.6) is 5.75 Å². The second-order valence-corrected chi connectivity index (χ2v) is 3.34. The molecule has 1 aromatic carbocycles. The number of hydrogen-bond acceptors (Lipinski definition) is 4. The number of hydrogen-bond donors (Lipinski definition) is 0. The van der Waals surface area contributed by atoms with Crippen molar-refractivity contribution >= 4 is 11.6 Å². The summed E-state index contributed by atoms with van der Waals surface area (Å²) in [4.78, 5) is 0. The van der Waals surface area contributed by atoms with Crippen LogP contribution in [0.3, 0.4) is 0 Å². The van der Waals surface area contributed by atoms with E-state index in [2.05, 4.69) is 15.5 Å². The van der Waals surface area contributed by atoms with Crippen LogP contribution in [0.25, 0.3) is 5.69 Å². The van der Waals surface area contributed by atoms with Crippen LogP contribution >= 0.6 is 11.6 Å². The van der Waals surface area contributed by atoms with Gasteiger partial charge in [-0.1, -0.05) is 6.07 Å². The van der Waals surface area contributed by atoms with Crippen molar-refractivity contribution in [3.05, 3.63) is 30.1 Å². The Labute approximate surface area is 98.0 Å². The quantitative estimate of drug-likeness (QED) is 0.763. The third-order valence-corrected chi connectivity index (χ3v) is 2.27. The Balaban J connectivity index is 2.36. The van der Waals surface area contributed by atoms with Gasteiger partial charge in [-0.15, -0.1) is 16.7 Å². The lowest BCUT2D eigenvalue weighted by Gasteiger charge is -2.06. The van der Waals surface area contributed by atoms with E-state index in [1.165, 1.54) is 0 Å². The minimum atomic E-state index is 0.270. The van der Waals surface area contributed by atoms with E-state index in [1.807, 2.05) is 31.2 Å². The molecule has 16 heavy (non-hydrogen) atoms. The highest BCUT2D eigenvalue weighted by molar-refractivity contribution is 6.16. The van der Waals surface area contributed by atoms with Crippen molar-refractivity contribution in [3.63, 3.8) is 0 Å². The molecule has 2 aromatic rings. The summed E-state index contributed by atoms with van der Waals surface area (Å²) in [5.74, 6) is 1.66. The summed E-state index contributed by atoms with van der Waals surface area (Å²) >= 11 is 5.73. The Bertz CT molecular complexity index is 471. The fraction of sp³-hybridized carbons (Fsp3) is 0.300. The number of tetrazole rings is 1. The Morgan fingerprint density at radius 2 is 2.31 bits per heavy atom. The molecule has 0 atom stereocenters. The second kappa shape index (κ2) is 4.94. The van der Waals surface area contributed by atoms with Gasteiger partial charge >= 0.3 is 0 Å². The lowest BCUT2D eigenvalue weighted by Crippen LogP contribution is -2.02. The average molecular weight is 239 g/mol. The molecule has 0 aliphatic heterocycles. The highest BCUT2D eigenvalue weighted by Crippen LogP contribution is 2.17. The minimum absolute atomic E-state index is 0.270. The van der Waals surface area contributed by atoms with Crippen LogP contribution in [0.15, 0.2) is 24.3 Å². The maximum absolute atomic E-state index is 5.73. The van der Waals surface area contributed by atoms with E-state index in [-0.39, 0.29) is 5.88 Å². The Hall–Kier alpha value is -1.62. The molecule has 0 saturated carbocycles. The van der Waals surface area contributed by atoms with Crippen molar-refractivity contribution in [2.24, 2.45) is 0 Å². The molecular weight excluding hydrogens is 228 g/mol. The van der Waals surface area contributed by atoms with Gasteiger partial charge in [0.25, 0.3) is 0 Å². The van der Waals surface area contributed by atoms with Crippen molar-refractivity contribution in [2.45, 2.75) is 12.8 Å². The third kappa shape index (κ3) is 2.14. The molecule has 1 heterocycles. The molecule has 2 rings (SSSR count). The van der Waals surface area contributed by atoms with Gasteiger partial charge in [-0.3, -0.25) is 0 Å². The standard InChI is InChI=1S/C10H11ClN4O/c1-2-16-9-5-3-4-8(6-9)15-10(7-11)12-13-14-15/h3-6H,2,7H2,1H3. The SMILES string of the molecule is CCOc1cccc(-n2nnnc2CCl)c1. The van der Waals surface area contributed by atoms with Gasteiger partial charge in [-0.25, -0.2) is 0 Å². The first kappa shape index (κ1) is 10.9. The zero-order valence-corrected chi connectivity index (χ0v) is 9.55. The molecular formula is C10H11ClN4O. The topological polar surface area (TPSA) is 52.8 Å². The van der Waals surface area contributed by atoms with E-state index in [0.29, 0.717) is 12.4 Å². The van der Waals surface area contributed by atoms with E-state index in [4.69, 9.17) is 16.3 Å². The normalized spacial score (nSPS) is 10.4. The van der Waals surface area contributed by atoms with Crippen molar-refractivity contribution in [3.8, 4) is 11.4 Å². The van der Waals surface area contributed by atoms with Crippen LogP contribution in [0.4, 0.5) is 0 Å². The van der Waals surface area contributed by atoms with Crippen molar-refractivity contribution in [2.75, 3.05) is 6.61 Å². The Morgan fingerprint density at radius 3 is 3.06 bits per heavy atom. The van der Waals surface area contributed by atoms with Gasteiger partial charge in [0.1, 0.15) is 5.75 Å². The molecule has 0 saturated heterocycles. The number of alkyl halides is 1. The largest absolute Gasteiger partial charge is 0.494 e. The summed E-state index contributed by atoms with van der Waals surface area (Å²) in [5, 5.41) is 11.3. The molecule has 0 bridgehead atoms. The number of rotatable bonds is 4. The molecule has 0 radical (unpaired) electrons. The number of aromatic nitrogens is 4. The minimum Gasteiger partial charge on any atom is -0.494 e. The second-order valence-electron chi connectivity index (χ2n) is 3.07. The first-order valence-corrected chi connectivity index (χ1v) is 5.45. The van der Waals surface area contributed by atoms with E-state index in [1.54, 1.807) is 4.68 Å². The summed E-state index contributed by atoms with van der Waals surface area (Å²) in [5.41, 5.74) is 0.839. The summed E-state index contributed by atoms with van der Waals surface area (Å²) < 4.78 is 7.00. The fourth-order valence-corrected chi connectivity index (χ4v) is 1.53. The molecule has 0 aliphatic rings. The van der Waals surface area contributed by atoms with E-state index < -0.39 is 0 Å². The summed E-state index contributed by atoms with van der Waals surface area (Å²) in [7, 11) is 0. The molecule has 0 spiro atoms. The van der Waals surface area contributed by atoms with Gasteiger partial charge in [-0.2, -0.15) is 4.68 Å². The number of benzene rings is 1. The predicted octanol–water partition coefficient (Wildman–Crippen LogP) is 1.80. The van der Waals surface area contributed by atoms with Crippen molar-refractivity contribution in [1.29, 1.82) is 0 Å². The fourth-order valence-electron chi connectivity index (χ4n) is 1.36. The van der Waals surface area contributed by atoms with Crippen LogP contribution < -0.4 is 4.74 Å². The molecule has 84 valence electrons. The van der Waals surface area contributed by atoms with Crippen LogP contribution in [0.2, 0.25) is 0 Å². The molecule has 6 heteroatoms. The molecule has 0 amide bonds. The summed E-state index contributed by atoms with van der Waals surface area (Å²) in [6.45, 7) is 2.56. The molecule has 0 fully saturated rings. The van der Waals surface area contributed by atoms with Crippen molar-refractivity contribution < 1.29 is 4.74 Å². The van der Waals surface area contributed by atoms with Gasteiger partial charge in [0.05, 0.1) is 18.2 Å². The first-order valence-electron chi connectivity index (χ1n) is 4.91. The first-order chi connectivity index (χ1) is 7.85. The van der Waals surface area contributed by atoms with E-state index in [9.17, 15) is 0 Å². The monoisotopic (exact) mass is 238 g/mol. The number of halogens is 1. The third-order valence-electron chi connectivity index (χ3n) is 2.03. The lowest BCUT2D eigenvalue weighted by atomic mass is 10.3. The van der Waals surface area contributed by atoms with Gasteiger partial charge in [-0.05, 0) is 29.5 Å². The zero-order valence-electron chi connectivity index (χ0n) is 8.80. The van der Waals surface area contributed by atoms with Crippen LogP contribution in [-0.2, 0) is 5.88 Å². The van der Waals surface area contributed by atoms with Crippen LogP contribution in [0.1, 0.15) is 12.7 Å². The smallest absolute Gasteiger partial charge is 0.171 e. The highest BCUT2D eigenvalue weighted by atomic mass is 35.5. The van der Waals surface area contributed by atoms with E-state index >= 15 is 0 Å². The Kier molecular flexibility index (Phi) is 3.36. The summed E-state index contributed by atoms with van der Waals surface area (Å²) in [6.07, 6.45) is 0. The molecule has 1 aromatic heterocycles. The van der Waals surface area contributed by atoms with E-state index in [0.717, 1.165) is 11.4 Å². The maximum Gasteiger partial charge on any atom is 0.171 e. The summed E-state index contributed by atoms with van der Waals surface area (Å²) in [6, 6.07) is 7.54. The predicted molar refractivity (Wildman–Crippen MR) is 59.9 cm³/mol. The number of nitrogens with zero attached hydrogens (tertiary/aromatic N) is 4. The number of ether oxygens (including phenoxy) is 1. The maximum atomic E-state index is 5.73. The van der Waals surface area contributed by atoms with Gasteiger partial charge < -0.3 is 4.74 Å². The molecule has 0 unspecified atom stereocenters. The zero-order chi connectivity index (χ0) is 11.4. The van der Waals surface area contributed by atoms with Crippen LogP contribution in [0, 0.1) is 0 Å². The van der Waals surface area contributed by atoms with Crippen LogP contribution in [-0.4, -0.2) is 26.8 Å². The average Bonchev–Trinajstić information content (AvgIpc) is 2.78. The van der Waals surface area contributed by atoms with Gasteiger partial charge in [0.2, 0.25) is 0 Å². The van der Waals surface area contributed by atoms with Gasteiger partial charge in [0, 0.05) is 6.07 Å². The lowest BCUT2D eigenvalue weighted by molar-refractivity contribution is 0.340. The van der Waals surface area contributed by atoms with Gasteiger partial charge in [0.15, 0.2) is 5.82 Å².